The minimum Gasteiger partial charge on any atom is -0.366 e. The summed E-state index contributed by atoms with van der Waals surface area (Å²) in [6, 6.07) is 16.0. The van der Waals surface area contributed by atoms with Gasteiger partial charge in [0.2, 0.25) is 5.91 Å². The molecule has 0 bridgehead atoms. The quantitative estimate of drug-likeness (QED) is 0.866. The summed E-state index contributed by atoms with van der Waals surface area (Å²) in [6.07, 6.45) is 1.76. The summed E-state index contributed by atoms with van der Waals surface area (Å²) in [5.41, 5.74) is 7.05. The van der Waals surface area contributed by atoms with Gasteiger partial charge < -0.3 is 11.1 Å². The molecule has 4 heteroatoms. The van der Waals surface area contributed by atoms with Crippen LogP contribution in [-0.2, 0) is 0 Å². The molecular formula is C16H15N2O2. The lowest BCUT2D eigenvalue weighted by atomic mass is 10.0. The molecule has 0 aliphatic heterocycles. The van der Waals surface area contributed by atoms with E-state index in [1.54, 1.807) is 48.9 Å². The van der Waals surface area contributed by atoms with Crippen molar-refractivity contribution in [3.05, 3.63) is 77.7 Å². The number of nitrogens with two attached hydrogens (primary N) is 1. The van der Waals surface area contributed by atoms with Crippen molar-refractivity contribution in [2.24, 2.45) is 5.73 Å². The lowest BCUT2D eigenvalue weighted by Crippen LogP contribution is -2.25. The fourth-order valence-corrected chi connectivity index (χ4v) is 1.84. The maximum Gasteiger partial charge on any atom is 0.251 e. The largest absolute Gasteiger partial charge is 0.366 e. The first-order chi connectivity index (χ1) is 9.68. The molecule has 0 saturated heterocycles. The van der Waals surface area contributed by atoms with Gasteiger partial charge in [-0.3, -0.25) is 9.59 Å². The molecule has 2 amide bonds. The van der Waals surface area contributed by atoms with Crippen molar-refractivity contribution >= 4 is 11.8 Å². The molecule has 2 aromatic carbocycles. The monoisotopic (exact) mass is 267 g/mol. The van der Waals surface area contributed by atoms with Gasteiger partial charge in [0.15, 0.2) is 0 Å². The number of rotatable bonds is 5. The predicted octanol–water partition coefficient (Wildman–Crippen LogP) is 1.77. The topological polar surface area (TPSA) is 72.2 Å². The van der Waals surface area contributed by atoms with Crippen LogP contribution in [0.25, 0.3) is 0 Å². The van der Waals surface area contributed by atoms with Gasteiger partial charge in [-0.1, -0.05) is 36.4 Å². The summed E-state index contributed by atoms with van der Waals surface area (Å²) in [7, 11) is 0. The summed E-state index contributed by atoms with van der Waals surface area (Å²) in [4.78, 5) is 23.1. The number of hydrogen-bond donors (Lipinski definition) is 2. The van der Waals surface area contributed by atoms with Gasteiger partial charge in [0, 0.05) is 24.1 Å². The van der Waals surface area contributed by atoms with Gasteiger partial charge in [0.25, 0.3) is 5.91 Å². The van der Waals surface area contributed by atoms with Gasteiger partial charge in [-0.15, -0.1) is 0 Å². The Morgan fingerprint density at radius 2 is 1.65 bits per heavy atom. The zero-order chi connectivity index (χ0) is 14.4. The van der Waals surface area contributed by atoms with Crippen molar-refractivity contribution in [3.63, 3.8) is 0 Å². The molecule has 2 aromatic rings. The molecule has 0 unspecified atom stereocenters. The molecule has 0 saturated carbocycles. The second-order valence-corrected chi connectivity index (χ2v) is 4.23. The third-order valence-electron chi connectivity index (χ3n) is 2.85. The number of amides is 2. The first-order valence-corrected chi connectivity index (χ1v) is 6.24. The minimum absolute atomic E-state index is 0.154. The number of hydrogen-bond acceptors (Lipinski definition) is 2. The molecule has 2 rings (SSSR count). The maximum absolute atomic E-state index is 11.8. The van der Waals surface area contributed by atoms with E-state index in [1.807, 2.05) is 12.1 Å². The van der Waals surface area contributed by atoms with E-state index in [0.717, 1.165) is 0 Å². The van der Waals surface area contributed by atoms with E-state index in [1.165, 1.54) is 0 Å². The summed E-state index contributed by atoms with van der Waals surface area (Å²) in [5, 5.41) is 2.77. The van der Waals surface area contributed by atoms with Crippen LogP contribution >= 0.6 is 0 Å². The number of benzene rings is 2. The summed E-state index contributed by atoms with van der Waals surface area (Å²) in [6.45, 7) is 0.331. The van der Waals surface area contributed by atoms with Crippen LogP contribution in [0.15, 0.2) is 54.6 Å². The van der Waals surface area contributed by atoms with E-state index in [2.05, 4.69) is 5.32 Å². The summed E-state index contributed by atoms with van der Waals surface area (Å²) < 4.78 is 0. The van der Waals surface area contributed by atoms with Gasteiger partial charge >= 0.3 is 0 Å². The van der Waals surface area contributed by atoms with Crippen LogP contribution in [0.3, 0.4) is 0 Å². The van der Waals surface area contributed by atoms with Crippen molar-refractivity contribution in [2.45, 2.75) is 0 Å². The molecule has 0 aliphatic rings. The SMILES string of the molecule is NC(=O)c1ccccc1[CH]CNC(=O)c1ccccc1. The van der Waals surface area contributed by atoms with Crippen LogP contribution in [0, 0.1) is 6.42 Å². The maximum atomic E-state index is 11.8. The van der Waals surface area contributed by atoms with E-state index < -0.39 is 5.91 Å². The third-order valence-corrected chi connectivity index (χ3v) is 2.85. The van der Waals surface area contributed by atoms with Crippen LogP contribution in [-0.4, -0.2) is 18.4 Å². The standard InChI is InChI=1S/C16H15N2O2/c17-15(19)14-9-5-4-6-12(14)10-11-18-16(20)13-7-2-1-3-8-13/h1-10H,11H2,(H2,17,19)(H,18,20). The summed E-state index contributed by atoms with van der Waals surface area (Å²) in [5.74, 6) is -0.635. The second-order valence-electron chi connectivity index (χ2n) is 4.23. The Balaban J connectivity index is 1.94. The molecular weight excluding hydrogens is 252 g/mol. The fourth-order valence-electron chi connectivity index (χ4n) is 1.84. The Morgan fingerprint density at radius 3 is 2.35 bits per heavy atom. The average molecular weight is 267 g/mol. The molecule has 0 heterocycles. The Bertz CT molecular complexity index is 609. The Hall–Kier alpha value is -2.62. The van der Waals surface area contributed by atoms with E-state index >= 15 is 0 Å². The van der Waals surface area contributed by atoms with Crippen LogP contribution in [0.4, 0.5) is 0 Å². The molecule has 0 fully saturated rings. The number of primary amides is 1. The first kappa shape index (κ1) is 13.8. The van der Waals surface area contributed by atoms with Gasteiger partial charge in [-0.05, 0) is 23.8 Å². The summed E-state index contributed by atoms with van der Waals surface area (Å²) >= 11 is 0. The average Bonchev–Trinajstić information content (AvgIpc) is 2.48. The number of carbonyl (C=O) groups is 2. The Labute approximate surface area is 117 Å². The molecule has 20 heavy (non-hydrogen) atoms. The predicted molar refractivity (Wildman–Crippen MR) is 77.1 cm³/mol. The van der Waals surface area contributed by atoms with Crippen LogP contribution < -0.4 is 11.1 Å². The van der Waals surface area contributed by atoms with Crippen LogP contribution in [0.1, 0.15) is 26.3 Å². The minimum atomic E-state index is -0.480. The molecule has 3 N–H and O–H groups in total. The Kier molecular flexibility index (Phi) is 4.50. The van der Waals surface area contributed by atoms with E-state index in [9.17, 15) is 9.59 Å². The third kappa shape index (κ3) is 3.45. The van der Waals surface area contributed by atoms with E-state index in [4.69, 9.17) is 5.73 Å². The molecule has 0 atom stereocenters. The van der Waals surface area contributed by atoms with E-state index in [0.29, 0.717) is 23.2 Å². The van der Waals surface area contributed by atoms with Gasteiger partial charge in [0.05, 0.1) is 0 Å². The molecule has 0 spiro atoms. The zero-order valence-corrected chi connectivity index (χ0v) is 10.9. The second kappa shape index (κ2) is 6.52. The Morgan fingerprint density at radius 1 is 1.00 bits per heavy atom. The van der Waals surface area contributed by atoms with Crippen LogP contribution in [0.5, 0.6) is 0 Å². The highest BCUT2D eigenvalue weighted by molar-refractivity contribution is 5.95. The van der Waals surface area contributed by atoms with Crippen molar-refractivity contribution in [1.82, 2.24) is 5.32 Å². The van der Waals surface area contributed by atoms with Gasteiger partial charge in [-0.2, -0.15) is 0 Å². The highest BCUT2D eigenvalue weighted by atomic mass is 16.2. The molecule has 1 radical (unpaired) electrons. The van der Waals surface area contributed by atoms with Crippen molar-refractivity contribution in [2.75, 3.05) is 6.54 Å². The van der Waals surface area contributed by atoms with E-state index in [-0.39, 0.29) is 5.91 Å². The van der Waals surface area contributed by atoms with Gasteiger partial charge in [-0.25, -0.2) is 0 Å². The van der Waals surface area contributed by atoms with Crippen LogP contribution in [0.2, 0.25) is 0 Å². The van der Waals surface area contributed by atoms with Gasteiger partial charge in [0.1, 0.15) is 0 Å². The zero-order valence-electron chi connectivity index (χ0n) is 10.9. The molecule has 0 aliphatic carbocycles. The van der Waals surface area contributed by atoms with Crippen molar-refractivity contribution in [3.8, 4) is 0 Å². The van der Waals surface area contributed by atoms with Crippen molar-refractivity contribution in [1.29, 1.82) is 0 Å². The lowest BCUT2D eigenvalue weighted by molar-refractivity contribution is 0.0956. The molecule has 101 valence electrons. The highest BCUT2D eigenvalue weighted by Crippen LogP contribution is 2.09. The number of nitrogens with one attached hydrogen (secondary N) is 1. The van der Waals surface area contributed by atoms with Crippen molar-refractivity contribution < 1.29 is 9.59 Å². The highest BCUT2D eigenvalue weighted by Gasteiger charge is 2.08. The molecule has 4 nitrogen and oxygen atoms in total. The molecule has 0 aromatic heterocycles. The fraction of sp³-hybridized carbons (Fsp3) is 0.0625. The number of carbonyl (C=O) groups excluding carboxylic acids is 2. The smallest absolute Gasteiger partial charge is 0.251 e. The first-order valence-electron chi connectivity index (χ1n) is 6.24. The normalized spacial score (nSPS) is 10.0. The lowest BCUT2D eigenvalue weighted by Gasteiger charge is -2.07.